The van der Waals surface area contributed by atoms with Crippen LogP contribution in [0, 0.1) is 5.92 Å². The second kappa shape index (κ2) is 15.5. The van der Waals surface area contributed by atoms with E-state index in [0.717, 1.165) is 93.8 Å². The van der Waals surface area contributed by atoms with Crippen LogP contribution in [-0.4, -0.2) is 104 Å². The summed E-state index contributed by atoms with van der Waals surface area (Å²) in [5, 5.41) is 4.61. The molecular weight excluding hydrogens is 614 g/mol. The van der Waals surface area contributed by atoms with Crippen molar-refractivity contribution in [2.45, 2.75) is 90.1 Å². The first-order valence-electron chi connectivity index (χ1n) is 18.6. The summed E-state index contributed by atoms with van der Waals surface area (Å²) in [4.78, 5) is 37.1. The molecule has 0 aliphatic carbocycles. The Morgan fingerprint density at radius 3 is 2.29 bits per heavy atom. The second-order valence-electron chi connectivity index (χ2n) is 15.1. The van der Waals surface area contributed by atoms with Crippen LogP contribution in [0.5, 0.6) is 11.5 Å². The number of nitrogens with zero attached hydrogens (tertiary/aromatic N) is 3. The number of piperidine rings is 3. The van der Waals surface area contributed by atoms with Gasteiger partial charge in [0.2, 0.25) is 11.8 Å². The van der Waals surface area contributed by atoms with Gasteiger partial charge in [-0.2, -0.15) is 0 Å². The average molecular weight is 672 g/mol. The first-order chi connectivity index (χ1) is 23.6. The van der Waals surface area contributed by atoms with E-state index in [1.807, 2.05) is 17.0 Å². The molecule has 4 heterocycles. The number of benzene rings is 2. The molecule has 3 aromatic rings. The van der Waals surface area contributed by atoms with Gasteiger partial charge in [0.1, 0.15) is 0 Å². The summed E-state index contributed by atoms with van der Waals surface area (Å²) in [5.41, 5.74) is 5.98. The summed E-state index contributed by atoms with van der Waals surface area (Å²) in [7, 11) is 3.33. The topological polar surface area (TPSA) is 90.1 Å². The molecule has 2 amide bonds. The Balaban J connectivity index is 1.04. The van der Waals surface area contributed by atoms with Crippen LogP contribution in [0.15, 0.2) is 36.4 Å². The molecule has 3 saturated heterocycles. The number of methoxy groups -OCH3 is 2. The molecule has 0 saturated carbocycles. The molecule has 3 aliphatic rings. The Morgan fingerprint density at radius 2 is 1.61 bits per heavy atom. The normalized spacial score (nSPS) is 20.3. The maximum absolute atomic E-state index is 13.5. The number of amides is 2. The molecule has 49 heavy (non-hydrogen) atoms. The lowest BCUT2D eigenvalue weighted by atomic mass is 9.87. The van der Waals surface area contributed by atoms with E-state index in [9.17, 15) is 9.59 Å². The fraction of sp³-hybridized carbons (Fsp3) is 0.600. The Kier molecular flexibility index (Phi) is 11.2. The van der Waals surface area contributed by atoms with E-state index in [4.69, 9.17) is 9.47 Å². The summed E-state index contributed by atoms with van der Waals surface area (Å²) in [6, 6.07) is 13.8. The van der Waals surface area contributed by atoms with Gasteiger partial charge in [0.25, 0.3) is 0 Å². The highest BCUT2D eigenvalue weighted by Gasteiger charge is 2.31. The molecule has 9 nitrogen and oxygen atoms in total. The van der Waals surface area contributed by atoms with Gasteiger partial charge in [-0.25, -0.2) is 0 Å². The van der Waals surface area contributed by atoms with Crippen molar-refractivity contribution in [3.8, 4) is 22.8 Å². The minimum Gasteiger partial charge on any atom is -0.493 e. The molecule has 0 spiro atoms. The Labute approximate surface area is 292 Å². The number of fused-ring (bicyclic) bond motifs is 1. The van der Waals surface area contributed by atoms with Crippen LogP contribution in [-0.2, 0) is 9.59 Å². The summed E-state index contributed by atoms with van der Waals surface area (Å²) in [6.07, 6.45) is 5.84. The SMILES string of the molecule is COc1ccc(-c2[nH]c3ccc(C4CCN(C(=O)CN5CCCC(C(=O)NC6CCN(C(C)C)CC6)C5)CC4)cc3c2C(C)C)cc1OC. The van der Waals surface area contributed by atoms with Crippen LogP contribution < -0.4 is 14.8 Å². The Hall–Kier alpha value is -3.56. The van der Waals surface area contributed by atoms with Crippen molar-refractivity contribution in [1.29, 1.82) is 0 Å². The molecule has 3 aliphatic heterocycles. The molecule has 0 bridgehead atoms. The van der Waals surface area contributed by atoms with Gasteiger partial charge in [0.15, 0.2) is 11.5 Å². The summed E-state index contributed by atoms with van der Waals surface area (Å²) in [5.74, 6) is 2.53. The van der Waals surface area contributed by atoms with E-state index < -0.39 is 0 Å². The summed E-state index contributed by atoms with van der Waals surface area (Å²) >= 11 is 0. The van der Waals surface area contributed by atoms with Crippen LogP contribution in [0.1, 0.15) is 89.2 Å². The van der Waals surface area contributed by atoms with Gasteiger partial charge in [0, 0.05) is 61.3 Å². The van der Waals surface area contributed by atoms with E-state index in [0.29, 0.717) is 36.7 Å². The van der Waals surface area contributed by atoms with Crippen molar-refractivity contribution >= 4 is 22.7 Å². The number of likely N-dealkylation sites (tertiary alicyclic amines) is 3. The van der Waals surface area contributed by atoms with Gasteiger partial charge in [0.05, 0.1) is 32.4 Å². The fourth-order valence-electron chi connectivity index (χ4n) is 8.35. The largest absolute Gasteiger partial charge is 0.493 e. The van der Waals surface area contributed by atoms with Crippen molar-refractivity contribution < 1.29 is 19.1 Å². The van der Waals surface area contributed by atoms with E-state index in [-0.39, 0.29) is 23.8 Å². The third kappa shape index (κ3) is 7.93. The monoisotopic (exact) mass is 671 g/mol. The van der Waals surface area contributed by atoms with Gasteiger partial charge in [-0.05, 0) is 112 Å². The predicted octanol–water partition coefficient (Wildman–Crippen LogP) is 6.38. The maximum atomic E-state index is 13.5. The predicted molar refractivity (Wildman–Crippen MR) is 197 cm³/mol. The highest BCUT2D eigenvalue weighted by molar-refractivity contribution is 5.92. The highest BCUT2D eigenvalue weighted by atomic mass is 16.5. The van der Waals surface area contributed by atoms with E-state index in [1.54, 1.807) is 14.2 Å². The van der Waals surface area contributed by atoms with Crippen LogP contribution in [0.2, 0.25) is 0 Å². The highest BCUT2D eigenvalue weighted by Crippen LogP contribution is 2.40. The lowest BCUT2D eigenvalue weighted by Gasteiger charge is -2.37. The number of H-pyrrole nitrogens is 1. The number of ether oxygens (including phenoxy) is 2. The first kappa shape index (κ1) is 35.3. The number of rotatable bonds is 10. The van der Waals surface area contributed by atoms with Crippen LogP contribution in [0.3, 0.4) is 0 Å². The van der Waals surface area contributed by atoms with Gasteiger partial charge < -0.3 is 29.6 Å². The molecular formula is C40H57N5O4. The molecule has 9 heteroatoms. The number of carbonyl (C=O) groups is 2. The van der Waals surface area contributed by atoms with Gasteiger partial charge >= 0.3 is 0 Å². The van der Waals surface area contributed by atoms with E-state index >= 15 is 0 Å². The number of carbonyl (C=O) groups excluding carboxylic acids is 2. The van der Waals surface area contributed by atoms with Crippen molar-refractivity contribution in [2.75, 3.05) is 60.0 Å². The lowest BCUT2D eigenvalue weighted by Crippen LogP contribution is -2.51. The van der Waals surface area contributed by atoms with Crippen LogP contribution in [0.4, 0.5) is 0 Å². The third-order valence-corrected chi connectivity index (χ3v) is 11.3. The number of nitrogens with one attached hydrogen (secondary N) is 2. The van der Waals surface area contributed by atoms with Crippen molar-refractivity contribution in [1.82, 2.24) is 25.0 Å². The van der Waals surface area contributed by atoms with Crippen molar-refractivity contribution in [3.05, 3.63) is 47.5 Å². The van der Waals surface area contributed by atoms with Gasteiger partial charge in [-0.15, -0.1) is 0 Å². The molecule has 1 aromatic heterocycles. The minimum absolute atomic E-state index is 0.0261. The molecule has 2 N–H and O–H groups in total. The van der Waals surface area contributed by atoms with Gasteiger partial charge in [-0.3, -0.25) is 14.5 Å². The average Bonchev–Trinajstić information content (AvgIpc) is 3.51. The summed E-state index contributed by atoms with van der Waals surface area (Å²) < 4.78 is 11.1. The van der Waals surface area contributed by atoms with E-state index in [1.165, 1.54) is 16.5 Å². The molecule has 2 aromatic carbocycles. The first-order valence-corrected chi connectivity index (χ1v) is 18.6. The number of aromatic amines is 1. The Bertz CT molecular complexity index is 1600. The van der Waals surface area contributed by atoms with Crippen LogP contribution >= 0.6 is 0 Å². The molecule has 1 atom stereocenters. The minimum atomic E-state index is -0.0261. The number of hydrogen-bond donors (Lipinski definition) is 2. The molecule has 1 unspecified atom stereocenters. The Morgan fingerprint density at radius 1 is 0.878 bits per heavy atom. The number of aromatic nitrogens is 1. The van der Waals surface area contributed by atoms with Crippen molar-refractivity contribution in [3.63, 3.8) is 0 Å². The summed E-state index contributed by atoms with van der Waals surface area (Å²) in [6.45, 7) is 14.6. The van der Waals surface area contributed by atoms with Crippen LogP contribution in [0.25, 0.3) is 22.2 Å². The molecule has 6 rings (SSSR count). The lowest BCUT2D eigenvalue weighted by molar-refractivity contribution is -0.135. The zero-order chi connectivity index (χ0) is 34.7. The molecule has 266 valence electrons. The maximum Gasteiger partial charge on any atom is 0.236 e. The number of hydrogen-bond acceptors (Lipinski definition) is 6. The second-order valence-corrected chi connectivity index (χ2v) is 15.1. The molecule has 0 radical (unpaired) electrons. The fourth-order valence-corrected chi connectivity index (χ4v) is 8.35. The third-order valence-electron chi connectivity index (χ3n) is 11.3. The standard InChI is InChI=1S/C40H57N5O4/c1-26(2)38-33-22-29(9-11-34(33)42-39(38)30-10-12-35(48-5)36(23-30)49-6)28-13-18-45(19-14-28)37(46)25-43-17-7-8-31(24-43)40(47)41-32-15-20-44(21-16-32)27(3)4/h9-12,22-23,26-28,31-32,42H,7-8,13-21,24-25H2,1-6H3,(H,41,47). The van der Waals surface area contributed by atoms with E-state index in [2.05, 4.69) is 72.1 Å². The van der Waals surface area contributed by atoms with Crippen molar-refractivity contribution in [2.24, 2.45) is 5.92 Å². The molecule has 3 fully saturated rings. The zero-order valence-electron chi connectivity index (χ0n) is 30.5. The quantitative estimate of drug-likeness (QED) is 0.260. The smallest absolute Gasteiger partial charge is 0.236 e. The van der Waals surface area contributed by atoms with Gasteiger partial charge in [-0.1, -0.05) is 19.9 Å². The zero-order valence-corrected chi connectivity index (χ0v) is 30.5.